The summed E-state index contributed by atoms with van der Waals surface area (Å²) in [5.74, 6) is -0.585. The van der Waals surface area contributed by atoms with Gasteiger partial charge in [0.2, 0.25) is 0 Å². The lowest BCUT2D eigenvalue weighted by Gasteiger charge is -2.06. The molecule has 0 heterocycles. The molecular formula is C15H21NO3. The Kier molecular flexibility index (Phi) is 6.64. The molecule has 4 nitrogen and oxygen atoms in total. The average molecular weight is 263 g/mol. The van der Waals surface area contributed by atoms with Crippen LogP contribution < -0.4 is 5.32 Å². The summed E-state index contributed by atoms with van der Waals surface area (Å²) in [6.45, 7) is 4.26. The quantitative estimate of drug-likeness (QED) is 0.768. The molecule has 0 aliphatic heterocycles. The average Bonchev–Trinajstić information content (AvgIpc) is 2.42. The molecule has 1 aromatic carbocycles. The largest absolute Gasteiger partial charge is 0.456 e. The van der Waals surface area contributed by atoms with Gasteiger partial charge in [-0.15, -0.1) is 0 Å². The van der Waals surface area contributed by atoms with Gasteiger partial charge in [0.15, 0.2) is 6.61 Å². The minimum atomic E-state index is -0.313. The van der Waals surface area contributed by atoms with Gasteiger partial charge < -0.3 is 10.1 Å². The zero-order valence-electron chi connectivity index (χ0n) is 11.6. The molecule has 19 heavy (non-hydrogen) atoms. The lowest BCUT2D eigenvalue weighted by atomic mass is 10.1. The molecule has 104 valence electrons. The van der Waals surface area contributed by atoms with Crippen LogP contribution in [0.25, 0.3) is 0 Å². The Labute approximate surface area is 114 Å². The highest BCUT2D eigenvalue weighted by molar-refractivity contribution is 5.80. The molecular weight excluding hydrogens is 242 g/mol. The number of rotatable bonds is 7. The standard InChI is InChI=1S/C15H21NO3/c1-3-4-5-15(18)19-11-14(17)16-10-13-8-6-12(2)7-9-13/h6-9H,3-5,10-11H2,1-2H3,(H,16,17). The zero-order chi connectivity index (χ0) is 14.1. The maximum absolute atomic E-state index is 11.5. The topological polar surface area (TPSA) is 55.4 Å². The van der Waals surface area contributed by atoms with Crippen LogP contribution in [0.4, 0.5) is 0 Å². The monoisotopic (exact) mass is 263 g/mol. The molecule has 1 aromatic rings. The number of hydrogen-bond acceptors (Lipinski definition) is 3. The number of unbranched alkanes of at least 4 members (excludes halogenated alkanes) is 1. The van der Waals surface area contributed by atoms with E-state index in [0.717, 1.165) is 18.4 Å². The Morgan fingerprint density at radius 1 is 1.21 bits per heavy atom. The van der Waals surface area contributed by atoms with Crippen molar-refractivity contribution in [1.29, 1.82) is 0 Å². The van der Waals surface area contributed by atoms with Gasteiger partial charge >= 0.3 is 5.97 Å². The Bertz CT molecular complexity index is 412. The Hall–Kier alpha value is -1.84. The minimum Gasteiger partial charge on any atom is -0.456 e. The fourth-order valence-electron chi connectivity index (χ4n) is 1.50. The third-order valence-electron chi connectivity index (χ3n) is 2.71. The van der Waals surface area contributed by atoms with E-state index in [1.165, 1.54) is 5.56 Å². The van der Waals surface area contributed by atoms with E-state index in [9.17, 15) is 9.59 Å². The normalized spacial score (nSPS) is 10.0. The van der Waals surface area contributed by atoms with Crippen LogP contribution in [-0.2, 0) is 20.9 Å². The SMILES string of the molecule is CCCCC(=O)OCC(=O)NCc1ccc(C)cc1. The van der Waals surface area contributed by atoms with Crippen LogP contribution in [0.15, 0.2) is 24.3 Å². The number of benzene rings is 1. The molecule has 4 heteroatoms. The highest BCUT2D eigenvalue weighted by Crippen LogP contribution is 2.02. The van der Waals surface area contributed by atoms with Gasteiger partial charge in [0, 0.05) is 13.0 Å². The number of hydrogen-bond donors (Lipinski definition) is 1. The van der Waals surface area contributed by atoms with Crippen molar-refractivity contribution in [1.82, 2.24) is 5.32 Å². The van der Waals surface area contributed by atoms with Gasteiger partial charge in [-0.2, -0.15) is 0 Å². The molecule has 0 saturated heterocycles. The maximum atomic E-state index is 11.5. The van der Waals surface area contributed by atoms with Crippen LogP contribution in [0.1, 0.15) is 37.3 Å². The highest BCUT2D eigenvalue weighted by atomic mass is 16.5. The van der Waals surface area contributed by atoms with E-state index in [1.807, 2.05) is 38.1 Å². The third kappa shape index (κ3) is 6.60. The number of amides is 1. The van der Waals surface area contributed by atoms with E-state index in [0.29, 0.717) is 13.0 Å². The van der Waals surface area contributed by atoms with Crippen molar-refractivity contribution < 1.29 is 14.3 Å². The summed E-state index contributed by atoms with van der Waals surface area (Å²) >= 11 is 0. The van der Waals surface area contributed by atoms with E-state index in [4.69, 9.17) is 4.74 Å². The smallest absolute Gasteiger partial charge is 0.306 e. The summed E-state index contributed by atoms with van der Waals surface area (Å²) in [5, 5.41) is 2.71. The van der Waals surface area contributed by atoms with E-state index < -0.39 is 0 Å². The Balaban J connectivity index is 2.21. The molecule has 0 aromatic heterocycles. The zero-order valence-corrected chi connectivity index (χ0v) is 11.6. The van der Waals surface area contributed by atoms with Gasteiger partial charge in [-0.25, -0.2) is 0 Å². The van der Waals surface area contributed by atoms with Gasteiger partial charge in [-0.1, -0.05) is 43.2 Å². The molecule has 0 aliphatic rings. The van der Waals surface area contributed by atoms with E-state index >= 15 is 0 Å². The van der Waals surface area contributed by atoms with Crippen molar-refractivity contribution in [2.45, 2.75) is 39.7 Å². The molecule has 0 atom stereocenters. The van der Waals surface area contributed by atoms with Gasteiger partial charge in [0.1, 0.15) is 0 Å². The summed E-state index contributed by atoms with van der Waals surface area (Å²) < 4.78 is 4.86. The first-order valence-corrected chi connectivity index (χ1v) is 6.59. The minimum absolute atomic E-state index is 0.200. The van der Waals surface area contributed by atoms with E-state index in [-0.39, 0.29) is 18.5 Å². The summed E-state index contributed by atoms with van der Waals surface area (Å²) in [5.41, 5.74) is 2.20. The van der Waals surface area contributed by atoms with Crippen LogP contribution >= 0.6 is 0 Å². The first-order chi connectivity index (χ1) is 9.11. The summed E-state index contributed by atoms with van der Waals surface area (Å²) in [6, 6.07) is 7.91. The van der Waals surface area contributed by atoms with E-state index in [1.54, 1.807) is 0 Å². The molecule has 0 radical (unpaired) electrons. The van der Waals surface area contributed by atoms with Crippen LogP contribution in [-0.4, -0.2) is 18.5 Å². The molecule has 0 fully saturated rings. The summed E-state index contributed by atoms with van der Waals surface area (Å²) in [4.78, 5) is 22.7. The lowest BCUT2D eigenvalue weighted by Crippen LogP contribution is -2.28. The van der Waals surface area contributed by atoms with E-state index in [2.05, 4.69) is 5.32 Å². The molecule has 0 bridgehead atoms. The van der Waals surface area contributed by atoms with Crippen molar-refractivity contribution in [3.63, 3.8) is 0 Å². The van der Waals surface area contributed by atoms with Crippen LogP contribution in [0, 0.1) is 6.92 Å². The fraction of sp³-hybridized carbons (Fsp3) is 0.467. The summed E-state index contributed by atoms with van der Waals surface area (Å²) in [6.07, 6.45) is 2.11. The molecule has 0 unspecified atom stereocenters. The summed E-state index contributed by atoms with van der Waals surface area (Å²) in [7, 11) is 0. The molecule has 0 saturated carbocycles. The number of esters is 1. The van der Waals surface area contributed by atoms with Crippen LogP contribution in [0.2, 0.25) is 0 Å². The van der Waals surface area contributed by atoms with Crippen molar-refractivity contribution in [3.8, 4) is 0 Å². The third-order valence-corrected chi connectivity index (χ3v) is 2.71. The second-order valence-electron chi connectivity index (χ2n) is 4.53. The number of carbonyl (C=O) groups excluding carboxylic acids is 2. The Morgan fingerprint density at radius 3 is 2.53 bits per heavy atom. The molecule has 0 spiro atoms. The Morgan fingerprint density at radius 2 is 1.89 bits per heavy atom. The van der Waals surface area contributed by atoms with Crippen LogP contribution in [0.3, 0.4) is 0 Å². The second-order valence-corrected chi connectivity index (χ2v) is 4.53. The fourth-order valence-corrected chi connectivity index (χ4v) is 1.50. The predicted molar refractivity (Wildman–Crippen MR) is 73.5 cm³/mol. The number of ether oxygens (including phenoxy) is 1. The van der Waals surface area contributed by atoms with Crippen molar-refractivity contribution in [2.75, 3.05) is 6.61 Å². The number of carbonyl (C=O) groups is 2. The molecule has 1 rings (SSSR count). The molecule has 1 amide bonds. The number of aryl methyl sites for hydroxylation is 1. The van der Waals surface area contributed by atoms with Gasteiger partial charge in [0.25, 0.3) is 5.91 Å². The highest BCUT2D eigenvalue weighted by Gasteiger charge is 2.06. The first-order valence-electron chi connectivity index (χ1n) is 6.59. The van der Waals surface area contributed by atoms with Gasteiger partial charge in [-0.3, -0.25) is 9.59 Å². The molecule has 0 aliphatic carbocycles. The lowest BCUT2D eigenvalue weighted by molar-refractivity contribution is -0.148. The number of nitrogens with one attached hydrogen (secondary N) is 1. The van der Waals surface area contributed by atoms with Crippen molar-refractivity contribution >= 4 is 11.9 Å². The van der Waals surface area contributed by atoms with Crippen molar-refractivity contribution in [3.05, 3.63) is 35.4 Å². The van der Waals surface area contributed by atoms with Gasteiger partial charge in [-0.05, 0) is 18.9 Å². The van der Waals surface area contributed by atoms with Crippen molar-refractivity contribution in [2.24, 2.45) is 0 Å². The molecule has 1 N–H and O–H groups in total. The van der Waals surface area contributed by atoms with Crippen LogP contribution in [0.5, 0.6) is 0 Å². The predicted octanol–water partition coefficient (Wildman–Crippen LogP) is 2.34. The van der Waals surface area contributed by atoms with Gasteiger partial charge in [0.05, 0.1) is 0 Å². The maximum Gasteiger partial charge on any atom is 0.306 e. The second kappa shape index (κ2) is 8.29. The first kappa shape index (κ1) is 15.2.